The quantitative estimate of drug-likeness (QED) is 0.386. The average Bonchev–Trinajstić information content (AvgIpc) is 2.55. The van der Waals surface area contributed by atoms with Crippen LogP contribution in [-0.2, 0) is 17.6 Å². The fraction of sp³-hybridized carbons (Fsp3) is 0.235. The second-order valence-corrected chi connectivity index (χ2v) is 41.0. The second kappa shape index (κ2) is 6.78. The van der Waals surface area contributed by atoms with E-state index in [1.807, 2.05) is 12.1 Å². The van der Waals surface area contributed by atoms with Crippen LogP contribution in [0.4, 0.5) is 0 Å². The van der Waals surface area contributed by atoms with Crippen molar-refractivity contribution in [2.24, 2.45) is 0 Å². The van der Waals surface area contributed by atoms with Gasteiger partial charge < -0.3 is 0 Å². The van der Waals surface area contributed by atoms with E-state index >= 15 is 0 Å². The zero-order chi connectivity index (χ0) is 16.4. The predicted octanol–water partition coefficient (Wildman–Crippen LogP) is 3.98. The summed E-state index contributed by atoms with van der Waals surface area (Å²) in [7, 11) is 7.29. The topological polar surface area (TPSA) is 17.1 Å². The number of hydrogen-bond acceptors (Lipinski definition) is 1. The number of carbonyl (C=O) groups excluding carboxylic acids is 1. The molecule has 0 radical (unpaired) electrons. The third-order valence-corrected chi connectivity index (χ3v) is 58.5. The van der Waals surface area contributed by atoms with Crippen molar-refractivity contribution in [1.82, 2.24) is 0 Å². The molecule has 0 fully saturated rings. The van der Waals surface area contributed by atoms with Crippen LogP contribution in [0.5, 0.6) is 0 Å². The molecule has 0 heterocycles. The summed E-state index contributed by atoms with van der Waals surface area (Å²) in [6, 6.07) is 20.9. The molecule has 0 atom stereocenters. The molecule has 2 aromatic carbocycles. The molecule has 0 saturated carbocycles. The van der Waals surface area contributed by atoms with Gasteiger partial charge in [-0.1, -0.05) is 0 Å². The van der Waals surface area contributed by atoms with Crippen LogP contribution in [0.1, 0.15) is 0 Å². The van der Waals surface area contributed by atoms with Crippen molar-refractivity contribution in [1.29, 1.82) is 0 Å². The Labute approximate surface area is 141 Å². The average molecular weight is 446 g/mol. The minimum atomic E-state index is -2.86. The number of hydrogen-bond donors (Lipinski definition) is 0. The third-order valence-electron chi connectivity index (χ3n) is 4.22. The Kier molecular flexibility index (Phi) is 5.62. The van der Waals surface area contributed by atoms with Crippen LogP contribution in [0.2, 0.25) is 0 Å². The molecule has 2 rings (SSSR count). The van der Waals surface area contributed by atoms with Gasteiger partial charge in [-0.15, -0.1) is 0 Å². The summed E-state index contributed by atoms with van der Waals surface area (Å²) >= 11 is -2.86. The van der Waals surface area contributed by atoms with Gasteiger partial charge in [0.15, 0.2) is 0 Å². The molecule has 0 amide bonds. The maximum atomic E-state index is 12.3. The molecule has 22 heavy (non-hydrogen) atoms. The number of carbonyl (C=O) groups is 1. The summed E-state index contributed by atoms with van der Waals surface area (Å²) in [5, 5.41) is 2.60. The third kappa shape index (κ3) is 2.97. The Hall–Kier alpha value is -0.117. The Morgan fingerprint density at radius 2 is 1.09 bits per heavy atom. The van der Waals surface area contributed by atoms with E-state index in [-0.39, 0.29) is 0 Å². The Morgan fingerprint density at radius 1 is 0.773 bits per heavy atom. The van der Waals surface area contributed by atoms with Crippen LogP contribution in [0.3, 0.4) is 0 Å². The van der Waals surface area contributed by atoms with E-state index in [4.69, 9.17) is 9.69 Å². The van der Waals surface area contributed by atoms with Gasteiger partial charge in [0.1, 0.15) is 0 Å². The molecule has 0 saturated heterocycles. The van der Waals surface area contributed by atoms with Crippen LogP contribution in [-0.4, -0.2) is 31.5 Å². The zero-order valence-corrected chi connectivity index (χ0v) is 17.9. The van der Waals surface area contributed by atoms with E-state index in [1.165, 1.54) is 15.5 Å². The monoisotopic (exact) mass is 445 g/mol. The van der Waals surface area contributed by atoms with Crippen molar-refractivity contribution in [2.75, 3.05) is 26.7 Å². The molecule has 1 nitrogen and oxygen atoms in total. The minimum absolute atomic E-state index is 1.19. The molecule has 2 aromatic rings. The van der Waals surface area contributed by atoms with Crippen LogP contribution >= 0.6 is 20.9 Å². The summed E-state index contributed by atoms with van der Waals surface area (Å²) in [5.41, 5.74) is -4.06. The SMILES string of the molecule is C[PH](C)(c1ccccc1)[Rh]([Cl])([CH]=O)[PH](C)(C)c1ccccc1. The molecule has 125 valence electrons. The first-order chi connectivity index (χ1) is 10.3. The van der Waals surface area contributed by atoms with Gasteiger partial charge >= 0.3 is 141 Å². The molecular weight excluding hydrogens is 420 g/mol. The summed E-state index contributed by atoms with van der Waals surface area (Å²) in [6.45, 7) is 9.12. The van der Waals surface area contributed by atoms with E-state index in [2.05, 4.69) is 75.2 Å². The van der Waals surface area contributed by atoms with Gasteiger partial charge in [-0.05, 0) is 0 Å². The molecule has 0 aliphatic carbocycles. The van der Waals surface area contributed by atoms with Gasteiger partial charge in [-0.3, -0.25) is 0 Å². The van der Waals surface area contributed by atoms with Gasteiger partial charge in [0.05, 0.1) is 0 Å². The van der Waals surface area contributed by atoms with Gasteiger partial charge in [0, 0.05) is 0 Å². The molecule has 0 unspecified atom stereocenters. The van der Waals surface area contributed by atoms with Crippen LogP contribution < -0.4 is 10.6 Å². The van der Waals surface area contributed by atoms with Gasteiger partial charge in [-0.25, -0.2) is 0 Å². The molecule has 0 aliphatic heterocycles. The van der Waals surface area contributed by atoms with E-state index in [1.54, 1.807) is 0 Å². The first-order valence-corrected chi connectivity index (χ1v) is 20.8. The Bertz CT molecular complexity index is 593. The fourth-order valence-electron chi connectivity index (χ4n) is 2.65. The van der Waals surface area contributed by atoms with E-state index in [0.717, 1.165) is 0 Å². The summed E-state index contributed by atoms with van der Waals surface area (Å²) in [5.74, 6) is 0. The second-order valence-electron chi connectivity index (χ2n) is 6.12. The first kappa shape index (κ1) is 18.2. The van der Waals surface area contributed by atoms with Crippen molar-refractivity contribution < 1.29 is 17.6 Å². The van der Waals surface area contributed by atoms with Gasteiger partial charge in [0.25, 0.3) is 0 Å². The summed E-state index contributed by atoms with van der Waals surface area (Å²) in [6.07, 6.45) is 0. The summed E-state index contributed by atoms with van der Waals surface area (Å²) in [4.78, 5) is 13.5. The van der Waals surface area contributed by atoms with Crippen LogP contribution in [0.25, 0.3) is 0 Å². The molecule has 0 N–H and O–H groups in total. The van der Waals surface area contributed by atoms with Crippen LogP contribution in [0.15, 0.2) is 60.7 Å². The fourth-order valence-corrected chi connectivity index (χ4v) is 47.4. The van der Waals surface area contributed by atoms with E-state index in [9.17, 15) is 4.79 Å². The molecule has 0 spiro atoms. The maximum absolute atomic E-state index is 12.3. The van der Waals surface area contributed by atoms with Gasteiger partial charge in [0.2, 0.25) is 0 Å². The van der Waals surface area contributed by atoms with E-state index < -0.39 is 24.0 Å². The number of benzene rings is 2. The normalized spacial score (nSPS) is 18.0. The van der Waals surface area contributed by atoms with Crippen LogP contribution in [0, 0.1) is 0 Å². The number of rotatable bonds is 5. The predicted molar refractivity (Wildman–Crippen MR) is 105 cm³/mol. The van der Waals surface area contributed by atoms with Crippen molar-refractivity contribution in [3.63, 3.8) is 0 Å². The van der Waals surface area contributed by atoms with Crippen molar-refractivity contribution >= 4 is 36.4 Å². The standard InChI is InChI=1S/2C8H11P.CHO.ClH.Rh/c2*1-9(2)8-6-4-3-5-7-8;1-2;;/h2*3-7H,1-2H3;1H;1H;/q;;;;-1/p+1. The molecule has 0 aliphatic rings. The molecule has 0 bridgehead atoms. The van der Waals surface area contributed by atoms with E-state index in [0.29, 0.717) is 0 Å². The molecule has 5 heteroatoms. The van der Waals surface area contributed by atoms with Gasteiger partial charge in [-0.2, -0.15) is 0 Å². The number of halogens is 1. The Morgan fingerprint density at radius 3 is 1.36 bits per heavy atom. The van der Waals surface area contributed by atoms with Crippen molar-refractivity contribution in [3.8, 4) is 0 Å². The first-order valence-electron chi connectivity index (χ1n) is 7.21. The Balaban J connectivity index is 2.59. The zero-order valence-electron chi connectivity index (χ0n) is 13.5. The molecular formula is C17H25ClOP2Rh. The van der Waals surface area contributed by atoms with Crippen molar-refractivity contribution in [3.05, 3.63) is 60.7 Å². The molecule has 0 aromatic heterocycles. The summed E-state index contributed by atoms with van der Waals surface area (Å²) < 4.78 is 0. The van der Waals surface area contributed by atoms with Crippen molar-refractivity contribution in [2.45, 2.75) is 0 Å².